The van der Waals surface area contributed by atoms with Crippen LogP contribution < -0.4 is 4.74 Å². The number of benzene rings is 1. The minimum Gasteiger partial charge on any atom is -0.486 e. The third-order valence-corrected chi connectivity index (χ3v) is 4.23. The van der Waals surface area contributed by atoms with Crippen molar-refractivity contribution in [1.82, 2.24) is 0 Å². The van der Waals surface area contributed by atoms with Crippen LogP contribution in [0.5, 0.6) is 5.75 Å². The SMILES string of the molecule is CCOC1C(Br)CC1Oc1ccc(F)cc1Br. The van der Waals surface area contributed by atoms with Gasteiger partial charge in [-0.25, -0.2) is 4.39 Å². The average molecular weight is 368 g/mol. The van der Waals surface area contributed by atoms with Gasteiger partial charge in [-0.15, -0.1) is 0 Å². The molecule has 1 aromatic rings. The zero-order valence-electron chi connectivity index (χ0n) is 9.33. The summed E-state index contributed by atoms with van der Waals surface area (Å²) in [7, 11) is 0. The highest BCUT2D eigenvalue weighted by atomic mass is 79.9. The molecule has 0 N–H and O–H groups in total. The minimum atomic E-state index is -0.280. The highest BCUT2D eigenvalue weighted by Gasteiger charge is 2.42. The molecule has 0 saturated heterocycles. The van der Waals surface area contributed by atoms with Crippen molar-refractivity contribution in [3.05, 3.63) is 28.5 Å². The second-order valence-corrected chi connectivity index (χ2v) is 5.93. The molecule has 2 rings (SSSR count). The van der Waals surface area contributed by atoms with Crippen molar-refractivity contribution in [2.75, 3.05) is 6.61 Å². The quantitative estimate of drug-likeness (QED) is 0.751. The maximum Gasteiger partial charge on any atom is 0.134 e. The summed E-state index contributed by atoms with van der Waals surface area (Å²) in [5.41, 5.74) is 0. The Hall–Kier alpha value is -0.130. The van der Waals surface area contributed by atoms with Gasteiger partial charge in [-0.3, -0.25) is 0 Å². The van der Waals surface area contributed by atoms with Gasteiger partial charge in [0.2, 0.25) is 0 Å². The lowest BCUT2D eigenvalue weighted by molar-refractivity contribution is -0.0725. The summed E-state index contributed by atoms with van der Waals surface area (Å²) < 4.78 is 24.9. The molecule has 1 fully saturated rings. The second kappa shape index (κ2) is 5.67. The molecule has 94 valence electrons. The van der Waals surface area contributed by atoms with Gasteiger partial charge in [0.25, 0.3) is 0 Å². The van der Waals surface area contributed by atoms with Gasteiger partial charge in [0.15, 0.2) is 0 Å². The highest BCUT2D eigenvalue weighted by Crippen LogP contribution is 2.36. The summed E-state index contributed by atoms with van der Waals surface area (Å²) in [4.78, 5) is 0.340. The Morgan fingerprint density at radius 2 is 2.24 bits per heavy atom. The van der Waals surface area contributed by atoms with Crippen LogP contribution in [0.4, 0.5) is 4.39 Å². The Balaban J connectivity index is 2.01. The van der Waals surface area contributed by atoms with E-state index in [1.54, 1.807) is 6.07 Å². The van der Waals surface area contributed by atoms with Crippen LogP contribution in [0.2, 0.25) is 0 Å². The van der Waals surface area contributed by atoms with Crippen LogP contribution in [-0.4, -0.2) is 23.6 Å². The van der Waals surface area contributed by atoms with Crippen LogP contribution >= 0.6 is 31.9 Å². The predicted octanol–water partition coefficient (Wildman–Crippen LogP) is 3.91. The maximum atomic E-state index is 12.9. The molecule has 0 aliphatic heterocycles. The Morgan fingerprint density at radius 3 is 2.82 bits per heavy atom. The molecule has 2 nitrogen and oxygen atoms in total. The number of halogens is 3. The van der Waals surface area contributed by atoms with Crippen LogP contribution in [0, 0.1) is 5.82 Å². The molecule has 17 heavy (non-hydrogen) atoms. The normalized spacial score (nSPS) is 27.6. The molecule has 0 radical (unpaired) electrons. The zero-order chi connectivity index (χ0) is 12.4. The van der Waals surface area contributed by atoms with Gasteiger partial charge in [0, 0.05) is 17.9 Å². The van der Waals surface area contributed by atoms with E-state index in [1.165, 1.54) is 12.1 Å². The van der Waals surface area contributed by atoms with Crippen molar-refractivity contribution < 1.29 is 13.9 Å². The molecule has 0 aromatic heterocycles. The standard InChI is InChI=1S/C12H13Br2FO2/c1-2-16-12-9(14)6-11(12)17-10-4-3-7(15)5-8(10)13/h3-5,9,11-12H,2,6H2,1H3. The molecule has 0 amide bonds. The van der Waals surface area contributed by atoms with Crippen LogP contribution in [0.1, 0.15) is 13.3 Å². The van der Waals surface area contributed by atoms with E-state index in [2.05, 4.69) is 31.9 Å². The second-order valence-electron chi connectivity index (χ2n) is 3.90. The monoisotopic (exact) mass is 366 g/mol. The van der Waals surface area contributed by atoms with Crippen LogP contribution in [0.25, 0.3) is 0 Å². The molecular weight excluding hydrogens is 355 g/mol. The Bertz CT molecular complexity index is 400. The van der Waals surface area contributed by atoms with E-state index in [-0.39, 0.29) is 18.0 Å². The smallest absolute Gasteiger partial charge is 0.134 e. The van der Waals surface area contributed by atoms with Gasteiger partial charge >= 0.3 is 0 Å². The highest BCUT2D eigenvalue weighted by molar-refractivity contribution is 9.10. The van der Waals surface area contributed by atoms with E-state index in [0.717, 1.165) is 6.42 Å². The fourth-order valence-corrected chi connectivity index (χ4v) is 3.09. The van der Waals surface area contributed by atoms with Crippen molar-refractivity contribution in [2.24, 2.45) is 0 Å². The molecule has 0 spiro atoms. The van der Waals surface area contributed by atoms with Gasteiger partial charge in [-0.05, 0) is 41.1 Å². The van der Waals surface area contributed by atoms with Crippen molar-refractivity contribution in [3.63, 3.8) is 0 Å². The van der Waals surface area contributed by atoms with E-state index >= 15 is 0 Å². The summed E-state index contributed by atoms with van der Waals surface area (Å²) in [5, 5.41) is 0. The zero-order valence-corrected chi connectivity index (χ0v) is 12.5. The lowest BCUT2D eigenvalue weighted by atomic mass is 9.91. The molecule has 1 aromatic carbocycles. The minimum absolute atomic E-state index is 0.0288. The topological polar surface area (TPSA) is 18.5 Å². The van der Waals surface area contributed by atoms with Gasteiger partial charge in [-0.2, -0.15) is 0 Å². The van der Waals surface area contributed by atoms with Gasteiger partial charge in [0.1, 0.15) is 23.8 Å². The van der Waals surface area contributed by atoms with E-state index in [0.29, 0.717) is 21.7 Å². The molecule has 1 saturated carbocycles. The summed E-state index contributed by atoms with van der Waals surface area (Å²) >= 11 is 6.82. The lowest BCUT2D eigenvalue weighted by Crippen LogP contribution is -2.52. The Kier molecular flexibility index (Phi) is 4.44. The summed E-state index contributed by atoms with van der Waals surface area (Å²) in [6, 6.07) is 4.42. The van der Waals surface area contributed by atoms with E-state index in [1.807, 2.05) is 6.92 Å². The number of rotatable bonds is 4. The Morgan fingerprint density at radius 1 is 1.47 bits per heavy atom. The van der Waals surface area contributed by atoms with Gasteiger partial charge in [0.05, 0.1) is 4.47 Å². The first kappa shape index (κ1) is 13.3. The van der Waals surface area contributed by atoms with Crippen LogP contribution in [-0.2, 0) is 4.74 Å². The number of hydrogen-bond acceptors (Lipinski definition) is 2. The molecular formula is C12H13Br2FO2. The number of alkyl halides is 1. The first-order valence-corrected chi connectivity index (χ1v) is 7.20. The Labute approximate surface area is 117 Å². The largest absolute Gasteiger partial charge is 0.486 e. The lowest BCUT2D eigenvalue weighted by Gasteiger charge is -2.40. The van der Waals surface area contributed by atoms with Crippen LogP contribution in [0.15, 0.2) is 22.7 Å². The fraction of sp³-hybridized carbons (Fsp3) is 0.500. The van der Waals surface area contributed by atoms with Gasteiger partial charge in [-0.1, -0.05) is 15.9 Å². The molecule has 3 unspecified atom stereocenters. The molecule has 1 aliphatic carbocycles. The first-order chi connectivity index (χ1) is 8.11. The molecule has 5 heteroatoms. The van der Waals surface area contributed by atoms with Crippen molar-refractivity contribution in [1.29, 1.82) is 0 Å². The first-order valence-electron chi connectivity index (χ1n) is 5.49. The molecule has 1 aliphatic rings. The fourth-order valence-electron chi connectivity index (χ4n) is 1.78. The average Bonchev–Trinajstić information content (AvgIpc) is 2.28. The maximum absolute atomic E-state index is 12.9. The molecule has 0 heterocycles. The van der Waals surface area contributed by atoms with Crippen molar-refractivity contribution in [3.8, 4) is 5.75 Å². The van der Waals surface area contributed by atoms with E-state index in [9.17, 15) is 4.39 Å². The third kappa shape index (κ3) is 3.01. The summed E-state index contributed by atoms with van der Waals surface area (Å²) in [6.45, 7) is 2.63. The van der Waals surface area contributed by atoms with Crippen molar-refractivity contribution >= 4 is 31.9 Å². The van der Waals surface area contributed by atoms with Crippen LogP contribution in [0.3, 0.4) is 0 Å². The van der Waals surface area contributed by atoms with Crippen molar-refractivity contribution in [2.45, 2.75) is 30.4 Å². The third-order valence-electron chi connectivity index (χ3n) is 2.71. The predicted molar refractivity (Wildman–Crippen MR) is 71.3 cm³/mol. The summed E-state index contributed by atoms with van der Waals surface area (Å²) in [6.07, 6.45) is 0.993. The molecule has 0 bridgehead atoms. The summed E-state index contributed by atoms with van der Waals surface area (Å²) in [5.74, 6) is 0.373. The number of hydrogen-bond donors (Lipinski definition) is 0. The number of ether oxygens (including phenoxy) is 2. The molecule has 3 atom stereocenters. The van der Waals surface area contributed by atoms with Gasteiger partial charge < -0.3 is 9.47 Å². The van der Waals surface area contributed by atoms with E-state index < -0.39 is 0 Å². The van der Waals surface area contributed by atoms with E-state index in [4.69, 9.17) is 9.47 Å².